The van der Waals surface area contributed by atoms with Gasteiger partial charge < -0.3 is 4.12 Å². The molecule has 0 aliphatic carbocycles. The molecule has 0 aliphatic heterocycles. The van der Waals surface area contributed by atoms with E-state index in [0.29, 0.717) is 0 Å². The Hall–Kier alpha value is 0.694. The lowest BCUT2D eigenvalue weighted by molar-refractivity contribution is 0.534. The van der Waals surface area contributed by atoms with E-state index in [4.69, 9.17) is 4.12 Å². The highest BCUT2D eigenvalue weighted by molar-refractivity contribution is 7.84. The van der Waals surface area contributed by atoms with Crippen LogP contribution in [-0.4, -0.2) is 49.1 Å². The van der Waals surface area contributed by atoms with Crippen LogP contribution in [0.2, 0.25) is 38.3 Å². The minimum atomic E-state index is -1.63. The molecule has 0 N–H and O–H groups in total. The Morgan fingerprint density at radius 2 is 1.11 bits per heavy atom. The van der Waals surface area contributed by atoms with Gasteiger partial charge in [0.15, 0.2) is 16.6 Å². The van der Waals surface area contributed by atoms with E-state index < -0.39 is 38.2 Å². The molecule has 116 valence electrons. The van der Waals surface area contributed by atoms with Crippen LogP contribution in [0.4, 0.5) is 0 Å². The van der Waals surface area contributed by atoms with Crippen LogP contribution >= 0.6 is 0 Å². The normalized spacial score (nSPS) is 16.3. The van der Waals surface area contributed by atoms with Crippen LogP contribution in [0.1, 0.15) is 12.8 Å². The van der Waals surface area contributed by atoms with Gasteiger partial charge in [0.2, 0.25) is 0 Å². The summed E-state index contributed by atoms with van der Waals surface area (Å²) >= 11 is 0. The fourth-order valence-corrected chi connectivity index (χ4v) is 12.7. The molecule has 0 heterocycles. The van der Waals surface area contributed by atoms with Gasteiger partial charge in [-0.15, -0.1) is 0 Å². The van der Waals surface area contributed by atoms with Gasteiger partial charge in [-0.2, -0.15) is 0 Å². The molecule has 0 aromatic rings. The van der Waals surface area contributed by atoms with Crippen LogP contribution in [0.15, 0.2) is 0 Å². The molecule has 3 nitrogen and oxygen atoms in total. The predicted molar refractivity (Wildman–Crippen MR) is 92.8 cm³/mol. The summed E-state index contributed by atoms with van der Waals surface area (Å²) in [6, 6.07) is 2.17. The molecule has 7 heteroatoms. The van der Waals surface area contributed by atoms with E-state index in [0.717, 1.165) is 36.4 Å². The third-order valence-electron chi connectivity index (χ3n) is 2.97. The van der Waals surface area contributed by atoms with Crippen molar-refractivity contribution in [1.82, 2.24) is 0 Å². The smallest absolute Gasteiger partial charge is 0.173 e. The minimum absolute atomic E-state index is 0.689. The first-order valence-corrected chi connectivity index (χ1v) is 16.5. The number of hydrogen-bond acceptors (Lipinski definition) is 3. The van der Waals surface area contributed by atoms with Gasteiger partial charge >= 0.3 is 0 Å². The van der Waals surface area contributed by atoms with Crippen molar-refractivity contribution in [3.8, 4) is 0 Å². The first-order chi connectivity index (χ1) is 8.54. The highest BCUT2D eigenvalue weighted by Gasteiger charge is 2.32. The maximum absolute atomic E-state index is 11.1. The van der Waals surface area contributed by atoms with Crippen molar-refractivity contribution < 1.29 is 12.5 Å². The monoisotopic (exact) mass is 342 g/mol. The second-order valence-electron chi connectivity index (χ2n) is 6.38. The largest absolute Gasteiger partial charge is 0.455 e. The predicted octanol–water partition coefficient (Wildman–Crippen LogP) is 2.95. The van der Waals surface area contributed by atoms with Gasteiger partial charge in [-0.1, -0.05) is 0 Å². The summed E-state index contributed by atoms with van der Waals surface area (Å²) in [5, 5.41) is 0. The van der Waals surface area contributed by atoms with E-state index in [1.54, 1.807) is 12.5 Å². The minimum Gasteiger partial charge on any atom is -0.455 e. The number of rotatable bonds is 10. The van der Waals surface area contributed by atoms with Crippen molar-refractivity contribution in [3.63, 3.8) is 0 Å². The average molecular weight is 343 g/mol. The molecule has 2 unspecified atom stereocenters. The molecule has 0 saturated carbocycles. The molecule has 0 rings (SSSR count). The van der Waals surface area contributed by atoms with E-state index in [9.17, 15) is 8.42 Å². The van der Waals surface area contributed by atoms with E-state index in [1.165, 1.54) is 0 Å². The summed E-state index contributed by atoms with van der Waals surface area (Å²) in [4.78, 5) is 0. The van der Waals surface area contributed by atoms with Gasteiger partial charge in [0.1, 0.15) is 0 Å². The molecule has 0 amide bonds. The Balaban J connectivity index is 4.13. The van der Waals surface area contributed by atoms with Gasteiger partial charge in [-0.25, -0.2) is 0 Å². The summed E-state index contributed by atoms with van der Waals surface area (Å²) in [5.74, 6) is 1.58. The first-order valence-electron chi connectivity index (χ1n) is 6.84. The van der Waals surface area contributed by atoms with Gasteiger partial charge in [0, 0.05) is 45.6 Å². The Morgan fingerprint density at radius 1 is 0.789 bits per heavy atom. The van der Waals surface area contributed by atoms with Gasteiger partial charge in [-0.05, 0) is 51.1 Å². The average Bonchev–Trinajstić information content (AvgIpc) is 2.12. The molecule has 0 radical (unpaired) electrons. The Kier molecular flexibility index (Phi) is 9.19. The molecule has 0 aromatic heterocycles. The zero-order valence-corrected chi connectivity index (χ0v) is 16.9. The molecule has 19 heavy (non-hydrogen) atoms. The summed E-state index contributed by atoms with van der Waals surface area (Å²) < 4.78 is 28.6. The molecule has 0 saturated heterocycles. The lowest BCUT2D eigenvalue weighted by Gasteiger charge is -2.34. The summed E-state index contributed by atoms with van der Waals surface area (Å²) in [6.07, 6.45) is 5.54. The topological polar surface area (TPSA) is 43.4 Å². The standard InChI is InChI=1S/C12H30O3S2Si2/c1-16(13)9-7-11-18(3,4)15-19(5,6)12-8-10-17(2)14/h7-12H2,1-6H3. The van der Waals surface area contributed by atoms with Gasteiger partial charge in [0.25, 0.3) is 0 Å². The van der Waals surface area contributed by atoms with Gasteiger partial charge in [-0.3, -0.25) is 8.42 Å². The highest BCUT2D eigenvalue weighted by Crippen LogP contribution is 2.23. The van der Waals surface area contributed by atoms with E-state index in [2.05, 4.69) is 26.2 Å². The summed E-state index contributed by atoms with van der Waals surface area (Å²) in [5.41, 5.74) is 0. The van der Waals surface area contributed by atoms with Crippen molar-refractivity contribution >= 4 is 38.2 Å². The molecule has 0 fully saturated rings. The number of hydrogen-bond donors (Lipinski definition) is 0. The fourth-order valence-electron chi connectivity index (χ4n) is 2.25. The molecular formula is C12H30O3S2Si2. The van der Waals surface area contributed by atoms with Crippen molar-refractivity contribution in [3.05, 3.63) is 0 Å². The fraction of sp³-hybridized carbons (Fsp3) is 1.00. The van der Waals surface area contributed by atoms with Crippen LogP contribution < -0.4 is 0 Å². The second kappa shape index (κ2) is 8.87. The lowest BCUT2D eigenvalue weighted by Crippen LogP contribution is -2.44. The lowest BCUT2D eigenvalue weighted by atomic mass is 10.6. The first kappa shape index (κ1) is 19.7. The summed E-state index contributed by atoms with van der Waals surface area (Å²) in [6.45, 7) is 9.05. The van der Waals surface area contributed by atoms with Crippen molar-refractivity contribution in [2.24, 2.45) is 0 Å². The molecule has 0 aliphatic rings. The van der Waals surface area contributed by atoms with Crippen molar-refractivity contribution in [2.75, 3.05) is 24.0 Å². The molecular weight excluding hydrogens is 312 g/mol. The SMILES string of the molecule is CS(=O)CCC[Si](C)(C)O[Si](C)(C)CCCS(C)=O. The summed E-state index contributed by atoms with van der Waals surface area (Å²) in [7, 11) is -4.64. The molecule has 2 atom stereocenters. The van der Waals surface area contributed by atoms with Gasteiger partial charge in [0.05, 0.1) is 0 Å². The van der Waals surface area contributed by atoms with Crippen LogP contribution in [0.3, 0.4) is 0 Å². The molecule has 0 bridgehead atoms. The van der Waals surface area contributed by atoms with E-state index in [-0.39, 0.29) is 0 Å². The zero-order valence-electron chi connectivity index (χ0n) is 13.3. The Labute approximate surface area is 126 Å². The van der Waals surface area contributed by atoms with Crippen molar-refractivity contribution in [2.45, 2.75) is 51.1 Å². The Morgan fingerprint density at radius 3 is 1.37 bits per heavy atom. The second-order valence-corrected chi connectivity index (χ2v) is 18.3. The quantitative estimate of drug-likeness (QED) is 0.573. The molecule has 0 spiro atoms. The highest BCUT2D eigenvalue weighted by atomic mass is 32.2. The van der Waals surface area contributed by atoms with E-state index >= 15 is 0 Å². The molecule has 0 aromatic carbocycles. The third kappa shape index (κ3) is 12.2. The van der Waals surface area contributed by atoms with Crippen LogP contribution in [0.5, 0.6) is 0 Å². The maximum Gasteiger partial charge on any atom is 0.173 e. The Bertz CT molecular complexity index is 290. The maximum atomic E-state index is 11.1. The van der Waals surface area contributed by atoms with Crippen LogP contribution in [-0.2, 0) is 25.7 Å². The van der Waals surface area contributed by atoms with Crippen molar-refractivity contribution in [1.29, 1.82) is 0 Å². The van der Waals surface area contributed by atoms with Crippen LogP contribution in [0.25, 0.3) is 0 Å². The van der Waals surface area contributed by atoms with E-state index in [1.807, 2.05) is 0 Å². The third-order valence-corrected chi connectivity index (χ3v) is 12.2. The zero-order chi connectivity index (χ0) is 15.1. The van der Waals surface area contributed by atoms with Crippen LogP contribution in [0, 0.1) is 0 Å².